The predicted octanol–water partition coefficient (Wildman–Crippen LogP) is 5.75. The first-order valence-electron chi connectivity index (χ1n) is 11.7. The van der Waals surface area contributed by atoms with Gasteiger partial charge in [0.05, 0.1) is 13.2 Å². The van der Waals surface area contributed by atoms with E-state index in [1.54, 1.807) is 0 Å². The summed E-state index contributed by atoms with van der Waals surface area (Å²) in [6, 6.07) is 4.15. The molecular weight excluding hydrogens is 346 g/mol. The molecule has 0 saturated heterocycles. The van der Waals surface area contributed by atoms with Gasteiger partial charge < -0.3 is 9.72 Å². The molecule has 0 amide bonds. The highest BCUT2D eigenvalue weighted by Crippen LogP contribution is 2.45. The quantitative estimate of drug-likeness (QED) is 0.672. The summed E-state index contributed by atoms with van der Waals surface area (Å²) in [5.74, 6) is 2.63. The summed E-state index contributed by atoms with van der Waals surface area (Å²) in [6.07, 6.45) is 16.5. The van der Waals surface area contributed by atoms with Crippen LogP contribution in [-0.2, 0) is 11.2 Å². The minimum absolute atomic E-state index is 0.0820. The zero-order valence-electron chi connectivity index (χ0n) is 17.6. The van der Waals surface area contributed by atoms with Gasteiger partial charge in [-0.15, -0.1) is 0 Å². The molecule has 4 rings (SSSR count). The maximum absolute atomic E-state index is 12.5. The van der Waals surface area contributed by atoms with Gasteiger partial charge in [-0.25, -0.2) is 0 Å². The molecule has 154 valence electrons. The van der Waals surface area contributed by atoms with Gasteiger partial charge in [-0.3, -0.25) is 4.79 Å². The molecule has 2 unspecified atom stereocenters. The van der Waals surface area contributed by atoms with Crippen molar-refractivity contribution in [3.8, 4) is 0 Å². The van der Waals surface area contributed by atoms with Crippen LogP contribution < -0.4 is 5.56 Å². The molecule has 2 saturated carbocycles. The molecule has 3 atom stereocenters. The Bertz CT molecular complexity index is 728. The zero-order valence-corrected chi connectivity index (χ0v) is 17.6. The van der Waals surface area contributed by atoms with Crippen molar-refractivity contribution in [1.29, 1.82) is 0 Å². The third-order valence-corrected chi connectivity index (χ3v) is 7.48. The van der Waals surface area contributed by atoms with Crippen LogP contribution in [0, 0.1) is 17.8 Å². The summed E-state index contributed by atoms with van der Waals surface area (Å²) >= 11 is 0. The number of hydrogen-bond acceptors (Lipinski definition) is 2. The van der Waals surface area contributed by atoms with E-state index in [9.17, 15) is 4.79 Å². The van der Waals surface area contributed by atoms with Crippen LogP contribution in [0.2, 0.25) is 0 Å². The van der Waals surface area contributed by atoms with E-state index in [4.69, 9.17) is 4.74 Å². The van der Waals surface area contributed by atoms with E-state index in [1.807, 2.05) is 6.07 Å². The maximum atomic E-state index is 12.5. The van der Waals surface area contributed by atoms with Gasteiger partial charge in [0.2, 0.25) is 5.56 Å². The van der Waals surface area contributed by atoms with E-state index in [-0.39, 0.29) is 5.56 Å². The van der Waals surface area contributed by atoms with Gasteiger partial charge in [-0.05, 0) is 49.1 Å². The Balaban J connectivity index is 1.56. The highest BCUT2D eigenvalue weighted by atomic mass is 16.5. The second-order valence-electron chi connectivity index (χ2n) is 9.48. The maximum Gasteiger partial charge on any atom is 0.248 e. The van der Waals surface area contributed by atoms with Crippen molar-refractivity contribution in [2.24, 2.45) is 17.8 Å². The van der Waals surface area contributed by atoms with Gasteiger partial charge >= 0.3 is 0 Å². The molecule has 1 aliphatic heterocycles. The van der Waals surface area contributed by atoms with Crippen LogP contribution >= 0.6 is 0 Å². The minimum Gasteiger partial charge on any atom is -0.381 e. The minimum atomic E-state index is 0.0820. The Morgan fingerprint density at radius 1 is 1.04 bits per heavy atom. The van der Waals surface area contributed by atoms with E-state index < -0.39 is 0 Å². The van der Waals surface area contributed by atoms with Crippen molar-refractivity contribution >= 4 is 0 Å². The Labute approximate surface area is 170 Å². The van der Waals surface area contributed by atoms with E-state index in [0.717, 1.165) is 37.9 Å². The normalized spacial score (nSPS) is 29.9. The van der Waals surface area contributed by atoms with Gasteiger partial charge in [0.15, 0.2) is 0 Å². The van der Waals surface area contributed by atoms with E-state index in [2.05, 4.69) is 24.1 Å². The molecule has 0 spiro atoms. The lowest BCUT2D eigenvalue weighted by Gasteiger charge is -2.39. The fourth-order valence-electron chi connectivity index (χ4n) is 5.98. The molecule has 1 aromatic heterocycles. The van der Waals surface area contributed by atoms with Crippen LogP contribution in [-0.4, -0.2) is 18.2 Å². The number of aromatic nitrogens is 1. The molecule has 1 aromatic rings. The highest BCUT2D eigenvalue weighted by molar-refractivity contribution is 5.26. The molecular formula is C25H37NO2. The molecule has 2 heterocycles. The Morgan fingerprint density at radius 3 is 2.68 bits per heavy atom. The highest BCUT2D eigenvalue weighted by Gasteiger charge is 2.34. The van der Waals surface area contributed by atoms with Crippen molar-refractivity contribution in [3.63, 3.8) is 0 Å². The van der Waals surface area contributed by atoms with Crippen molar-refractivity contribution < 1.29 is 4.74 Å². The number of ether oxygens (including phenoxy) is 1. The lowest BCUT2D eigenvalue weighted by atomic mass is 9.67. The predicted molar refractivity (Wildman–Crippen MR) is 115 cm³/mol. The number of hydrogen-bond donors (Lipinski definition) is 1. The summed E-state index contributed by atoms with van der Waals surface area (Å²) < 4.78 is 5.68. The summed E-state index contributed by atoms with van der Waals surface area (Å²) in [7, 11) is 0. The number of nitrogens with one attached hydrogen (secondary N) is 1. The largest absolute Gasteiger partial charge is 0.381 e. The molecule has 0 bridgehead atoms. The summed E-state index contributed by atoms with van der Waals surface area (Å²) in [5, 5.41) is 0. The van der Waals surface area contributed by atoms with Crippen molar-refractivity contribution in [1.82, 2.24) is 4.98 Å². The lowest BCUT2D eigenvalue weighted by molar-refractivity contribution is 0.124. The smallest absolute Gasteiger partial charge is 0.248 e. The summed E-state index contributed by atoms with van der Waals surface area (Å²) in [6.45, 7) is 3.86. The second kappa shape index (κ2) is 9.43. The number of rotatable bonds is 4. The van der Waals surface area contributed by atoms with Crippen LogP contribution in [0.25, 0.3) is 0 Å². The van der Waals surface area contributed by atoms with Crippen LogP contribution in [0.3, 0.4) is 0 Å². The summed E-state index contributed by atoms with van der Waals surface area (Å²) in [5.41, 5.74) is 3.92. The molecule has 28 heavy (non-hydrogen) atoms. The van der Waals surface area contributed by atoms with Crippen LogP contribution in [0.15, 0.2) is 28.6 Å². The van der Waals surface area contributed by atoms with Gasteiger partial charge in [-0.1, -0.05) is 63.5 Å². The molecule has 3 heteroatoms. The van der Waals surface area contributed by atoms with Crippen molar-refractivity contribution in [2.75, 3.05) is 13.2 Å². The van der Waals surface area contributed by atoms with E-state index >= 15 is 0 Å². The monoisotopic (exact) mass is 383 g/mol. The molecule has 0 radical (unpaired) electrons. The Hall–Kier alpha value is -1.35. The number of H-pyrrole nitrogens is 1. The Kier molecular flexibility index (Phi) is 6.72. The van der Waals surface area contributed by atoms with Crippen LogP contribution in [0.4, 0.5) is 0 Å². The van der Waals surface area contributed by atoms with Crippen LogP contribution in [0.5, 0.6) is 0 Å². The summed E-state index contributed by atoms with van der Waals surface area (Å²) in [4.78, 5) is 15.8. The number of aromatic amines is 1. The van der Waals surface area contributed by atoms with Crippen molar-refractivity contribution in [2.45, 2.75) is 83.5 Å². The van der Waals surface area contributed by atoms with Crippen LogP contribution in [0.1, 0.15) is 88.3 Å². The molecule has 1 N–H and O–H groups in total. The molecule has 3 aliphatic rings. The molecule has 3 nitrogen and oxygen atoms in total. The first kappa shape index (κ1) is 19.9. The molecule has 0 aromatic carbocycles. The van der Waals surface area contributed by atoms with E-state index in [1.165, 1.54) is 74.6 Å². The van der Waals surface area contributed by atoms with Gasteiger partial charge in [0.1, 0.15) is 0 Å². The van der Waals surface area contributed by atoms with Gasteiger partial charge in [0, 0.05) is 23.6 Å². The standard InChI is InChI=1S/C25H37NO2/c1-18-17-28-13-7-10-21(18)14-19-15-24(26-25(27)16-19)23-12-6-5-11-22(23)20-8-3-2-4-9-20/h10,15-16,18,20,22-23H,2-9,11-14,17H2,1H3,(H,26,27)/t18-,22?,23?/m1/s1. The topological polar surface area (TPSA) is 42.1 Å². The third-order valence-electron chi connectivity index (χ3n) is 7.48. The average Bonchev–Trinajstić information content (AvgIpc) is 2.92. The fraction of sp³-hybridized carbons (Fsp3) is 0.720. The first-order valence-corrected chi connectivity index (χ1v) is 11.7. The first-order chi connectivity index (χ1) is 13.7. The van der Waals surface area contributed by atoms with Gasteiger partial charge in [-0.2, -0.15) is 0 Å². The average molecular weight is 384 g/mol. The molecule has 2 fully saturated rings. The number of pyridine rings is 1. The fourth-order valence-corrected chi connectivity index (χ4v) is 5.98. The SMILES string of the molecule is C[C@@H]1COCCC=C1Cc1cc(C2CCCCC2C2CCCCC2)[nH]c(=O)c1. The zero-order chi connectivity index (χ0) is 19.3. The van der Waals surface area contributed by atoms with E-state index in [0.29, 0.717) is 11.8 Å². The lowest BCUT2D eigenvalue weighted by Crippen LogP contribution is -2.29. The molecule has 2 aliphatic carbocycles. The Morgan fingerprint density at radius 2 is 1.82 bits per heavy atom. The van der Waals surface area contributed by atoms with Gasteiger partial charge in [0.25, 0.3) is 0 Å². The second-order valence-corrected chi connectivity index (χ2v) is 9.48. The van der Waals surface area contributed by atoms with Crippen molar-refractivity contribution in [3.05, 3.63) is 45.4 Å². The third kappa shape index (κ3) is 4.79.